The lowest BCUT2D eigenvalue weighted by Gasteiger charge is -2.35. The van der Waals surface area contributed by atoms with E-state index in [2.05, 4.69) is 13.8 Å². The highest BCUT2D eigenvalue weighted by atomic mass is 16.4. The molecule has 1 aliphatic rings. The number of hydrogen-bond acceptors (Lipinski definition) is 2. The first kappa shape index (κ1) is 18.5. The highest BCUT2D eigenvalue weighted by molar-refractivity contribution is 5.89. The Morgan fingerprint density at radius 1 is 1.21 bits per heavy atom. The van der Waals surface area contributed by atoms with E-state index < -0.39 is 5.97 Å². The number of benzene rings is 1. The Hall–Kier alpha value is -1.84. The van der Waals surface area contributed by atoms with Crippen LogP contribution in [0.25, 0.3) is 0 Å². The molecule has 2 atom stereocenters. The Morgan fingerprint density at radius 3 is 2.42 bits per heavy atom. The fourth-order valence-corrected chi connectivity index (χ4v) is 3.46. The largest absolute Gasteiger partial charge is 0.478 e. The zero-order valence-electron chi connectivity index (χ0n) is 15.0. The average Bonchev–Trinajstić information content (AvgIpc) is 2.60. The Balaban J connectivity index is 1.92. The van der Waals surface area contributed by atoms with Crippen molar-refractivity contribution in [3.8, 4) is 0 Å². The van der Waals surface area contributed by atoms with Crippen LogP contribution in [0.2, 0.25) is 0 Å². The summed E-state index contributed by atoms with van der Waals surface area (Å²) in [5.41, 5.74) is 1.31. The molecule has 0 bridgehead atoms. The summed E-state index contributed by atoms with van der Waals surface area (Å²) in [5, 5.41) is 9.29. The summed E-state index contributed by atoms with van der Waals surface area (Å²) in [6.45, 7) is 7.88. The first-order valence-electron chi connectivity index (χ1n) is 9.04. The molecule has 0 aromatic heterocycles. The molecule has 1 aromatic carbocycles. The Bertz CT molecular complexity index is 576. The highest BCUT2D eigenvalue weighted by Gasteiger charge is 2.28. The van der Waals surface area contributed by atoms with Crippen molar-refractivity contribution in [2.24, 2.45) is 17.8 Å². The summed E-state index contributed by atoms with van der Waals surface area (Å²) in [5.74, 6) is 0.361. The third-order valence-corrected chi connectivity index (χ3v) is 5.57. The van der Waals surface area contributed by atoms with Gasteiger partial charge in [-0.25, -0.2) is 4.79 Å². The second-order valence-corrected chi connectivity index (χ2v) is 7.11. The van der Waals surface area contributed by atoms with Gasteiger partial charge in [-0.15, -0.1) is 0 Å². The summed E-state index contributed by atoms with van der Waals surface area (Å²) < 4.78 is 0. The van der Waals surface area contributed by atoms with Crippen LogP contribution in [0.3, 0.4) is 0 Å². The number of carboxylic acid groups (broad SMARTS) is 1. The average molecular weight is 331 g/mol. The number of nitrogens with zero attached hydrogens (tertiary/aromatic N) is 1. The van der Waals surface area contributed by atoms with Gasteiger partial charge < -0.3 is 10.0 Å². The molecule has 1 N–H and O–H groups in total. The van der Waals surface area contributed by atoms with E-state index in [-0.39, 0.29) is 11.8 Å². The van der Waals surface area contributed by atoms with Crippen molar-refractivity contribution in [3.05, 3.63) is 35.4 Å². The van der Waals surface area contributed by atoms with E-state index in [1.807, 2.05) is 24.0 Å². The van der Waals surface area contributed by atoms with Crippen molar-refractivity contribution < 1.29 is 14.7 Å². The molecule has 132 valence electrons. The predicted octanol–water partition coefficient (Wildman–Crippen LogP) is 3.85. The number of carbonyl (C=O) groups is 2. The van der Waals surface area contributed by atoms with E-state index >= 15 is 0 Å². The molecule has 0 radical (unpaired) electrons. The van der Waals surface area contributed by atoms with Gasteiger partial charge in [0.1, 0.15) is 0 Å². The van der Waals surface area contributed by atoms with Crippen LogP contribution in [-0.2, 0) is 11.2 Å². The SMILES string of the molecule is CCC(C)C(C)C(=O)N1CCC(Cc2ccccc2C(=O)O)CC1. The molecule has 0 saturated carbocycles. The normalized spacial score (nSPS) is 18.2. The molecular weight excluding hydrogens is 302 g/mol. The number of carboxylic acids is 1. The molecule has 1 aliphatic heterocycles. The van der Waals surface area contributed by atoms with Gasteiger partial charge >= 0.3 is 5.97 Å². The molecule has 1 amide bonds. The van der Waals surface area contributed by atoms with Gasteiger partial charge in [-0.05, 0) is 42.7 Å². The van der Waals surface area contributed by atoms with Crippen molar-refractivity contribution >= 4 is 11.9 Å². The molecule has 2 rings (SSSR count). The van der Waals surface area contributed by atoms with Crippen LogP contribution in [0.5, 0.6) is 0 Å². The molecule has 4 heteroatoms. The molecule has 1 heterocycles. The number of amides is 1. The van der Waals surface area contributed by atoms with Crippen molar-refractivity contribution in [1.82, 2.24) is 4.90 Å². The van der Waals surface area contributed by atoms with Gasteiger partial charge in [-0.3, -0.25) is 4.79 Å². The maximum Gasteiger partial charge on any atom is 0.335 e. The molecule has 0 spiro atoms. The summed E-state index contributed by atoms with van der Waals surface area (Å²) in [6, 6.07) is 7.24. The van der Waals surface area contributed by atoms with Crippen LogP contribution < -0.4 is 0 Å². The zero-order chi connectivity index (χ0) is 17.7. The first-order chi connectivity index (χ1) is 11.4. The molecule has 0 aliphatic carbocycles. The lowest BCUT2D eigenvalue weighted by molar-refractivity contribution is -0.138. The van der Waals surface area contributed by atoms with Crippen LogP contribution in [0.1, 0.15) is 56.0 Å². The van der Waals surface area contributed by atoms with Crippen molar-refractivity contribution in [2.45, 2.75) is 46.5 Å². The van der Waals surface area contributed by atoms with E-state index in [0.29, 0.717) is 17.4 Å². The minimum atomic E-state index is -0.861. The number of aromatic carboxylic acids is 1. The maximum atomic E-state index is 12.6. The van der Waals surface area contributed by atoms with Crippen LogP contribution in [0.15, 0.2) is 24.3 Å². The van der Waals surface area contributed by atoms with Crippen LogP contribution in [0, 0.1) is 17.8 Å². The summed E-state index contributed by atoms with van der Waals surface area (Å²) in [6.07, 6.45) is 3.71. The van der Waals surface area contributed by atoms with E-state index in [9.17, 15) is 14.7 Å². The molecule has 24 heavy (non-hydrogen) atoms. The minimum Gasteiger partial charge on any atom is -0.478 e. The number of piperidine rings is 1. The van der Waals surface area contributed by atoms with E-state index in [0.717, 1.165) is 44.3 Å². The molecule has 2 unspecified atom stereocenters. The van der Waals surface area contributed by atoms with Gasteiger partial charge in [0, 0.05) is 19.0 Å². The summed E-state index contributed by atoms with van der Waals surface area (Å²) in [4.78, 5) is 25.9. The van der Waals surface area contributed by atoms with Gasteiger partial charge in [-0.2, -0.15) is 0 Å². The fourth-order valence-electron chi connectivity index (χ4n) is 3.46. The van der Waals surface area contributed by atoms with Crippen LogP contribution in [0.4, 0.5) is 0 Å². The third kappa shape index (κ3) is 4.37. The highest BCUT2D eigenvalue weighted by Crippen LogP contribution is 2.26. The van der Waals surface area contributed by atoms with Gasteiger partial charge in [0.2, 0.25) is 5.91 Å². The van der Waals surface area contributed by atoms with Crippen LogP contribution in [-0.4, -0.2) is 35.0 Å². The van der Waals surface area contributed by atoms with E-state index in [1.165, 1.54) is 0 Å². The number of likely N-dealkylation sites (tertiary alicyclic amines) is 1. The molecule has 1 aromatic rings. The second-order valence-electron chi connectivity index (χ2n) is 7.11. The quantitative estimate of drug-likeness (QED) is 0.861. The lowest BCUT2D eigenvalue weighted by Crippen LogP contribution is -2.42. The fraction of sp³-hybridized carbons (Fsp3) is 0.600. The van der Waals surface area contributed by atoms with Gasteiger partial charge in [0.15, 0.2) is 0 Å². The topological polar surface area (TPSA) is 57.6 Å². The number of carbonyl (C=O) groups excluding carboxylic acids is 1. The Labute approximate surface area is 144 Å². The van der Waals surface area contributed by atoms with Gasteiger partial charge in [0.05, 0.1) is 5.56 Å². The maximum absolute atomic E-state index is 12.6. The van der Waals surface area contributed by atoms with Gasteiger partial charge in [-0.1, -0.05) is 45.4 Å². The van der Waals surface area contributed by atoms with Crippen LogP contribution >= 0.6 is 0 Å². The van der Waals surface area contributed by atoms with Crippen molar-refractivity contribution in [1.29, 1.82) is 0 Å². The molecule has 4 nitrogen and oxygen atoms in total. The Kier molecular flexibility index (Phi) is 6.41. The smallest absolute Gasteiger partial charge is 0.335 e. The molecular formula is C20H29NO3. The monoisotopic (exact) mass is 331 g/mol. The second kappa shape index (κ2) is 8.32. The number of hydrogen-bond donors (Lipinski definition) is 1. The van der Waals surface area contributed by atoms with E-state index in [4.69, 9.17) is 0 Å². The molecule has 1 saturated heterocycles. The van der Waals surface area contributed by atoms with Gasteiger partial charge in [0.25, 0.3) is 0 Å². The Morgan fingerprint density at radius 2 is 1.83 bits per heavy atom. The van der Waals surface area contributed by atoms with Crippen molar-refractivity contribution in [2.75, 3.05) is 13.1 Å². The minimum absolute atomic E-state index is 0.0827. The van der Waals surface area contributed by atoms with E-state index in [1.54, 1.807) is 12.1 Å². The number of rotatable bonds is 6. The first-order valence-corrected chi connectivity index (χ1v) is 9.04. The van der Waals surface area contributed by atoms with Crippen molar-refractivity contribution in [3.63, 3.8) is 0 Å². The standard InChI is InChI=1S/C20H29NO3/c1-4-14(2)15(3)19(22)21-11-9-16(10-12-21)13-17-7-5-6-8-18(17)20(23)24/h5-8,14-16H,4,9-13H2,1-3H3,(H,23,24). The third-order valence-electron chi connectivity index (χ3n) is 5.57. The lowest BCUT2D eigenvalue weighted by atomic mass is 9.87. The summed E-state index contributed by atoms with van der Waals surface area (Å²) in [7, 11) is 0. The zero-order valence-corrected chi connectivity index (χ0v) is 15.0. The summed E-state index contributed by atoms with van der Waals surface area (Å²) >= 11 is 0. The molecule has 1 fully saturated rings. The predicted molar refractivity (Wildman–Crippen MR) is 95.0 cm³/mol.